The molecule has 5 heteroatoms. The van der Waals surface area contributed by atoms with Gasteiger partial charge in [0.2, 0.25) is 0 Å². The van der Waals surface area contributed by atoms with Crippen LogP contribution in [0.1, 0.15) is 102 Å². The minimum Gasteiger partial charge on any atom is -0.744 e. The first-order chi connectivity index (χ1) is 14.5. The van der Waals surface area contributed by atoms with E-state index in [1.165, 1.54) is 77.0 Å². The number of rotatable bonds is 16. The zero-order valence-corrected chi connectivity index (χ0v) is 22.5. The fourth-order valence-corrected chi connectivity index (χ4v) is 5.24. The topological polar surface area (TPSA) is 57.2 Å². The van der Waals surface area contributed by atoms with E-state index in [4.69, 9.17) is 0 Å². The quantitative estimate of drug-likeness (QED) is 0.209. The van der Waals surface area contributed by atoms with Gasteiger partial charge in [0.15, 0.2) is 0 Å². The Morgan fingerprint density at radius 2 is 1.16 bits per heavy atom. The summed E-state index contributed by atoms with van der Waals surface area (Å²) in [5.41, 5.74) is 0.669. The van der Waals surface area contributed by atoms with Gasteiger partial charge in [-0.1, -0.05) is 127 Å². The standard InChI is InChI=1S/C26H40O3S.Na/c1-2-3-4-5-6-7-8-9-10-11-12-13-14-15-19-24-22-21-23-18-16-17-20-25(23)26(24)30(27,28)29;/h16-18,20-22H,2-15,19H2,1H3,(H,27,28,29);/q;+1/p-1. The molecule has 0 aliphatic rings. The van der Waals surface area contributed by atoms with Gasteiger partial charge in [-0.2, -0.15) is 0 Å². The van der Waals surface area contributed by atoms with Crippen LogP contribution in [0.2, 0.25) is 0 Å². The first kappa shape index (κ1) is 28.6. The molecular formula is C26H39NaO3S. The smallest absolute Gasteiger partial charge is 0.744 e. The van der Waals surface area contributed by atoms with Gasteiger partial charge in [-0.3, -0.25) is 0 Å². The largest absolute Gasteiger partial charge is 1.00 e. The van der Waals surface area contributed by atoms with E-state index < -0.39 is 10.1 Å². The number of unbranched alkanes of at least 4 members (excludes halogenated alkanes) is 13. The van der Waals surface area contributed by atoms with Crippen molar-refractivity contribution in [2.24, 2.45) is 0 Å². The summed E-state index contributed by atoms with van der Waals surface area (Å²) in [6, 6.07) is 11.0. The number of fused-ring (bicyclic) bond motifs is 1. The second-order valence-corrected chi connectivity index (χ2v) is 9.89. The Morgan fingerprint density at radius 1 is 0.677 bits per heavy atom. The van der Waals surface area contributed by atoms with Gasteiger partial charge in [0.1, 0.15) is 10.1 Å². The average Bonchev–Trinajstić information content (AvgIpc) is 2.72. The Morgan fingerprint density at radius 3 is 1.68 bits per heavy atom. The Hall–Kier alpha value is -0.390. The van der Waals surface area contributed by atoms with E-state index in [-0.39, 0.29) is 34.5 Å². The molecule has 0 bridgehead atoms. The molecule has 0 heterocycles. The minimum atomic E-state index is -4.48. The van der Waals surface area contributed by atoms with Gasteiger partial charge in [-0.05, 0) is 29.2 Å². The molecule has 0 saturated heterocycles. The van der Waals surface area contributed by atoms with Crippen LogP contribution in [0, 0.1) is 0 Å². The third kappa shape index (κ3) is 10.9. The van der Waals surface area contributed by atoms with Crippen molar-refractivity contribution in [3.05, 3.63) is 42.0 Å². The molecule has 0 aliphatic heterocycles. The van der Waals surface area contributed by atoms with E-state index in [0.29, 0.717) is 17.4 Å². The van der Waals surface area contributed by atoms with Crippen molar-refractivity contribution in [3.8, 4) is 0 Å². The average molecular weight is 455 g/mol. The third-order valence-corrected chi connectivity index (χ3v) is 6.99. The van der Waals surface area contributed by atoms with Crippen molar-refractivity contribution in [1.29, 1.82) is 0 Å². The van der Waals surface area contributed by atoms with Crippen LogP contribution in [0.5, 0.6) is 0 Å². The molecule has 2 aromatic rings. The maximum absolute atomic E-state index is 11.9. The van der Waals surface area contributed by atoms with Crippen LogP contribution in [0.15, 0.2) is 41.3 Å². The van der Waals surface area contributed by atoms with Crippen molar-refractivity contribution in [2.75, 3.05) is 0 Å². The SMILES string of the molecule is CCCCCCCCCCCCCCCCc1ccc2ccccc2c1S(=O)(=O)[O-].[Na+]. The molecule has 31 heavy (non-hydrogen) atoms. The minimum absolute atomic E-state index is 0. The van der Waals surface area contributed by atoms with E-state index in [1.54, 1.807) is 12.1 Å². The molecule has 0 saturated carbocycles. The summed E-state index contributed by atoms with van der Waals surface area (Å²) >= 11 is 0. The summed E-state index contributed by atoms with van der Waals surface area (Å²) in [5.74, 6) is 0. The van der Waals surface area contributed by atoms with Crippen LogP contribution in [-0.4, -0.2) is 13.0 Å². The van der Waals surface area contributed by atoms with Crippen molar-refractivity contribution >= 4 is 20.9 Å². The molecule has 3 nitrogen and oxygen atoms in total. The Bertz CT molecular complexity index is 849. The molecule has 0 N–H and O–H groups in total. The molecule has 168 valence electrons. The summed E-state index contributed by atoms with van der Waals surface area (Å²) in [6.07, 6.45) is 18.8. The molecule has 0 atom stereocenters. The van der Waals surface area contributed by atoms with Crippen molar-refractivity contribution in [3.63, 3.8) is 0 Å². The molecule has 0 unspecified atom stereocenters. The summed E-state index contributed by atoms with van der Waals surface area (Å²) in [6.45, 7) is 2.26. The van der Waals surface area contributed by atoms with Crippen molar-refractivity contribution in [2.45, 2.75) is 108 Å². The number of benzene rings is 2. The van der Waals surface area contributed by atoms with E-state index >= 15 is 0 Å². The van der Waals surface area contributed by atoms with Crippen molar-refractivity contribution < 1.29 is 42.5 Å². The number of hydrogen-bond donors (Lipinski definition) is 0. The number of aryl methyl sites for hydroxylation is 1. The normalized spacial score (nSPS) is 11.5. The Kier molecular flexibility index (Phi) is 15.0. The predicted molar refractivity (Wildman–Crippen MR) is 126 cm³/mol. The molecule has 2 rings (SSSR count). The van der Waals surface area contributed by atoms with Crippen LogP contribution < -0.4 is 29.6 Å². The molecule has 0 amide bonds. The molecule has 0 fully saturated rings. The molecule has 0 radical (unpaired) electrons. The second kappa shape index (κ2) is 16.3. The fraction of sp³-hybridized carbons (Fsp3) is 0.615. The molecular weight excluding hydrogens is 415 g/mol. The van der Waals surface area contributed by atoms with Gasteiger partial charge < -0.3 is 4.55 Å². The third-order valence-electron chi connectivity index (χ3n) is 6.01. The van der Waals surface area contributed by atoms with Gasteiger partial charge in [-0.15, -0.1) is 0 Å². The van der Waals surface area contributed by atoms with Gasteiger partial charge in [0.05, 0.1) is 4.90 Å². The fourth-order valence-electron chi connectivity index (χ4n) is 4.29. The zero-order valence-electron chi connectivity index (χ0n) is 19.7. The van der Waals surface area contributed by atoms with Gasteiger partial charge in [0.25, 0.3) is 0 Å². The summed E-state index contributed by atoms with van der Waals surface area (Å²) in [5, 5.41) is 1.35. The number of hydrogen-bond acceptors (Lipinski definition) is 3. The first-order valence-electron chi connectivity index (χ1n) is 12.0. The van der Waals surface area contributed by atoms with Crippen LogP contribution in [0.25, 0.3) is 10.8 Å². The maximum atomic E-state index is 11.9. The molecule has 2 aromatic carbocycles. The van der Waals surface area contributed by atoms with Gasteiger partial charge >= 0.3 is 29.6 Å². The summed E-state index contributed by atoms with van der Waals surface area (Å²) in [7, 11) is -4.48. The molecule has 0 aliphatic carbocycles. The predicted octanol–water partition coefficient (Wildman–Crippen LogP) is 4.77. The first-order valence-corrected chi connectivity index (χ1v) is 13.4. The maximum Gasteiger partial charge on any atom is 1.00 e. The van der Waals surface area contributed by atoms with E-state index in [0.717, 1.165) is 18.2 Å². The Labute approximate surface area is 212 Å². The van der Waals surface area contributed by atoms with E-state index in [9.17, 15) is 13.0 Å². The summed E-state index contributed by atoms with van der Waals surface area (Å²) < 4.78 is 35.6. The van der Waals surface area contributed by atoms with Gasteiger partial charge in [-0.25, -0.2) is 8.42 Å². The Balaban J connectivity index is 0.00000480. The van der Waals surface area contributed by atoms with Crippen molar-refractivity contribution in [1.82, 2.24) is 0 Å². The summed E-state index contributed by atoms with van der Waals surface area (Å²) in [4.78, 5) is -0.0182. The van der Waals surface area contributed by atoms with Gasteiger partial charge in [0, 0.05) is 0 Å². The monoisotopic (exact) mass is 454 g/mol. The molecule has 0 aromatic heterocycles. The zero-order chi connectivity index (χ0) is 21.7. The van der Waals surface area contributed by atoms with E-state index in [1.807, 2.05) is 24.3 Å². The van der Waals surface area contributed by atoms with Crippen LogP contribution in [-0.2, 0) is 16.5 Å². The molecule has 0 spiro atoms. The second-order valence-electron chi connectivity index (χ2n) is 8.58. The van der Waals surface area contributed by atoms with Crippen LogP contribution in [0.3, 0.4) is 0 Å². The van der Waals surface area contributed by atoms with Crippen LogP contribution in [0.4, 0.5) is 0 Å². The van der Waals surface area contributed by atoms with E-state index in [2.05, 4.69) is 6.92 Å². The van der Waals surface area contributed by atoms with Crippen LogP contribution >= 0.6 is 0 Å².